The smallest absolute Gasteiger partial charge is 0.226 e. The Morgan fingerprint density at radius 3 is 2.42 bits per heavy atom. The molecule has 0 atom stereocenters. The van der Waals surface area contributed by atoms with Crippen LogP contribution in [0, 0.1) is 24.7 Å². The summed E-state index contributed by atoms with van der Waals surface area (Å²) in [6.45, 7) is 2.14. The molecule has 0 N–H and O–H groups in total. The molecule has 4 bridgehead atoms. The van der Waals surface area contributed by atoms with E-state index in [-0.39, 0.29) is 5.41 Å². The van der Waals surface area contributed by atoms with Crippen molar-refractivity contribution in [2.45, 2.75) is 63.7 Å². The first kappa shape index (κ1) is 14.7. The molecule has 126 valence electrons. The molecule has 4 saturated carbocycles. The third kappa shape index (κ3) is 2.49. The molecule has 6 rings (SSSR count). The highest BCUT2D eigenvalue weighted by Crippen LogP contribution is 2.60. The molecule has 1 aromatic carbocycles. The van der Waals surface area contributed by atoms with Crippen molar-refractivity contribution in [3.63, 3.8) is 0 Å². The normalized spacial score (nSPS) is 34.0. The minimum Gasteiger partial charge on any atom is -0.339 e. The van der Waals surface area contributed by atoms with Gasteiger partial charge in [0.2, 0.25) is 5.89 Å². The van der Waals surface area contributed by atoms with Gasteiger partial charge in [-0.05, 0) is 75.2 Å². The van der Waals surface area contributed by atoms with E-state index in [2.05, 4.69) is 36.3 Å². The SMILES string of the molecule is Cc1cccc(CCc2nc(C34CC5CC(CC(C5)C3)C4)no2)c1. The zero-order chi connectivity index (χ0) is 16.1. The average molecular weight is 322 g/mol. The Bertz CT molecular complexity index is 713. The van der Waals surface area contributed by atoms with Crippen molar-refractivity contribution in [2.24, 2.45) is 17.8 Å². The van der Waals surface area contributed by atoms with Crippen molar-refractivity contribution < 1.29 is 4.52 Å². The average Bonchev–Trinajstić information content (AvgIpc) is 3.02. The fourth-order valence-corrected chi connectivity index (χ4v) is 6.08. The van der Waals surface area contributed by atoms with E-state index in [1.54, 1.807) is 0 Å². The number of benzene rings is 1. The quantitative estimate of drug-likeness (QED) is 0.823. The Labute approximate surface area is 143 Å². The fourth-order valence-electron chi connectivity index (χ4n) is 6.08. The first-order valence-electron chi connectivity index (χ1n) is 9.57. The number of hydrogen-bond acceptors (Lipinski definition) is 3. The number of hydrogen-bond donors (Lipinski definition) is 0. The molecule has 0 unspecified atom stereocenters. The van der Waals surface area contributed by atoms with Gasteiger partial charge in [0.1, 0.15) is 0 Å². The van der Waals surface area contributed by atoms with Crippen molar-refractivity contribution in [3.05, 3.63) is 47.1 Å². The second-order valence-electron chi connectivity index (χ2n) is 8.70. The Morgan fingerprint density at radius 2 is 1.75 bits per heavy atom. The standard InChI is InChI=1S/C21H26N2O/c1-14-3-2-4-15(7-14)5-6-19-22-20(23-24-19)21-11-16-8-17(12-21)10-18(9-16)13-21/h2-4,7,16-18H,5-6,8-13H2,1H3. The molecule has 0 aliphatic heterocycles. The molecule has 0 radical (unpaired) electrons. The molecule has 0 saturated heterocycles. The van der Waals surface area contributed by atoms with E-state index in [0.29, 0.717) is 0 Å². The molecule has 1 aromatic heterocycles. The number of rotatable bonds is 4. The largest absolute Gasteiger partial charge is 0.339 e. The van der Waals surface area contributed by atoms with Crippen molar-refractivity contribution >= 4 is 0 Å². The van der Waals surface area contributed by atoms with Crippen molar-refractivity contribution in [3.8, 4) is 0 Å². The number of nitrogens with zero attached hydrogens (tertiary/aromatic N) is 2. The van der Waals surface area contributed by atoms with E-state index < -0.39 is 0 Å². The lowest BCUT2D eigenvalue weighted by Crippen LogP contribution is -2.49. The highest BCUT2D eigenvalue weighted by Gasteiger charge is 2.53. The number of aromatic nitrogens is 2. The van der Waals surface area contributed by atoms with Crippen molar-refractivity contribution in [2.75, 3.05) is 0 Å². The van der Waals surface area contributed by atoms with Crippen LogP contribution in [0.4, 0.5) is 0 Å². The molecule has 0 amide bonds. The van der Waals surface area contributed by atoms with Crippen molar-refractivity contribution in [1.29, 1.82) is 0 Å². The molecule has 2 aromatic rings. The van der Waals surface area contributed by atoms with E-state index >= 15 is 0 Å². The van der Waals surface area contributed by atoms with Crippen LogP contribution in [0.3, 0.4) is 0 Å². The van der Waals surface area contributed by atoms with Gasteiger partial charge in [-0.1, -0.05) is 35.0 Å². The Kier molecular flexibility index (Phi) is 3.33. The Morgan fingerprint density at radius 1 is 1.04 bits per heavy atom. The van der Waals surface area contributed by atoms with Crippen LogP contribution in [0.1, 0.15) is 61.4 Å². The highest BCUT2D eigenvalue weighted by molar-refractivity contribution is 5.23. The first-order valence-corrected chi connectivity index (χ1v) is 9.57. The monoisotopic (exact) mass is 322 g/mol. The maximum atomic E-state index is 5.65. The van der Waals surface area contributed by atoms with E-state index in [1.165, 1.54) is 49.7 Å². The van der Waals surface area contributed by atoms with E-state index in [9.17, 15) is 0 Å². The molecule has 4 aliphatic carbocycles. The zero-order valence-electron chi connectivity index (χ0n) is 14.5. The van der Waals surface area contributed by atoms with Crippen LogP contribution in [0.15, 0.2) is 28.8 Å². The van der Waals surface area contributed by atoms with Crippen LogP contribution >= 0.6 is 0 Å². The van der Waals surface area contributed by atoms with Gasteiger partial charge in [-0.15, -0.1) is 0 Å². The summed E-state index contributed by atoms with van der Waals surface area (Å²) >= 11 is 0. The molecule has 24 heavy (non-hydrogen) atoms. The third-order valence-electron chi connectivity index (χ3n) is 6.69. The highest BCUT2D eigenvalue weighted by atomic mass is 16.5. The van der Waals surface area contributed by atoms with E-state index in [1.807, 2.05) is 0 Å². The molecule has 0 spiro atoms. The third-order valence-corrected chi connectivity index (χ3v) is 6.69. The number of aryl methyl sites for hydroxylation is 3. The Hall–Kier alpha value is -1.64. The lowest BCUT2D eigenvalue weighted by atomic mass is 9.49. The van der Waals surface area contributed by atoms with Gasteiger partial charge in [0.25, 0.3) is 0 Å². The van der Waals surface area contributed by atoms with E-state index in [4.69, 9.17) is 9.51 Å². The first-order chi connectivity index (χ1) is 11.7. The van der Waals surface area contributed by atoms with Crippen LogP contribution in [0.25, 0.3) is 0 Å². The summed E-state index contributed by atoms with van der Waals surface area (Å²) < 4.78 is 5.65. The summed E-state index contributed by atoms with van der Waals surface area (Å²) in [5.41, 5.74) is 2.91. The van der Waals surface area contributed by atoms with Crippen LogP contribution in [0.5, 0.6) is 0 Å². The maximum absolute atomic E-state index is 5.65. The topological polar surface area (TPSA) is 38.9 Å². The molecular weight excluding hydrogens is 296 g/mol. The minimum atomic E-state index is 0.250. The molecule has 3 nitrogen and oxygen atoms in total. The van der Waals surface area contributed by atoms with Gasteiger partial charge in [0.15, 0.2) is 5.82 Å². The summed E-state index contributed by atoms with van der Waals surface area (Å²) in [6.07, 6.45) is 10.1. The van der Waals surface area contributed by atoms with Gasteiger partial charge < -0.3 is 4.52 Å². The van der Waals surface area contributed by atoms with Crippen LogP contribution in [0.2, 0.25) is 0 Å². The van der Waals surface area contributed by atoms with Crippen LogP contribution in [-0.2, 0) is 18.3 Å². The van der Waals surface area contributed by atoms with Gasteiger partial charge in [-0.2, -0.15) is 4.98 Å². The summed E-state index contributed by atoms with van der Waals surface area (Å²) in [6, 6.07) is 8.69. The van der Waals surface area contributed by atoms with Crippen LogP contribution < -0.4 is 0 Å². The Balaban J connectivity index is 1.32. The molecule has 1 heterocycles. The van der Waals surface area contributed by atoms with E-state index in [0.717, 1.165) is 42.3 Å². The predicted octanol–water partition coefficient (Wildman–Crippen LogP) is 4.63. The minimum absolute atomic E-state index is 0.250. The van der Waals surface area contributed by atoms with Gasteiger partial charge in [0, 0.05) is 11.8 Å². The zero-order valence-corrected chi connectivity index (χ0v) is 14.5. The summed E-state index contributed by atoms with van der Waals surface area (Å²) in [4.78, 5) is 4.86. The summed E-state index contributed by atoms with van der Waals surface area (Å²) in [7, 11) is 0. The molecule has 3 heteroatoms. The van der Waals surface area contributed by atoms with Crippen molar-refractivity contribution in [1.82, 2.24) is 10.1 Å². The molecular formula is C21H26N2O. The lowest BCUT2D eigenvalue weighted by Gasteiger charge is -2.55. The lowest BCUT2D eigenvalue weighted by molar-refractivity contribution is -0.0103. The van der Waals surface area contributed by atoms with Gasteiger partial charge in [0.05, 0.1) is 0 Å². The predicted molar refractivity (Wildman–Crippen MR) is 92.7 cm³/mol. The van der Waals surface area contributed by atoms with Gasteiger partial charge >= 0.3 is 0 Å². The fraction of sp³-hybridized carbons (Fsp3) is 0.619. The second kappa shape index (κ2) is 5.44. The van der Waals surface area contributed by atoms with Gasteiger partial charge in [-0.3, -0.25) is 0 Å². The maximum Gasteiger partial charge on any atom is 0.226 e. The summed E-state index contributed by atoms with van der Waals surface area (Å²) in [5, 5.41) is 4.45. The van der Waals surface area contributed by atoms with Gasteiger partial charge in [-0.25, -0.2) is 0 Å². The van der Waals surface area contributed by atoms with Crippen LogP contribution in [-0.4, -0.2) is 10.1 Å². The molecule has 4 aliphatic rings. The second-order valence-corrected chi connectivity index (χ2v) is 8.70. The molecule has 4 fully saturated rings. The summed E-state index contributed by atoms with van der Waals surface area (Å²) in [5.74, 6) is 4.62.